The first-order valence-corrected chi connectivity index (χ1v) is 7.44. The highest BCUT2D eigenvalue weighted by atomic mass is 16.1. The molecule has 19 heavy (non-hydrogen) atoms. The Balaban J connectivity index is 3.34. The van der Waals surface area contributed by atoms with Gasteiger partial charge in [0.2, 0.25) is 6.29 Å². The van der Waals surface area contributed by atoms with E-state index >= 15 is 0 Å². The van der Waals surface area contributed by atoms with Crippen LogP contribution < -0.4 is 0 Å². The summed E-state index contributed by atoms with van der Waals surface area (Å²) in [6.45, 7) is 2.25. The van der Waals surface area contributed by atoms with E-state index in [0.29, 0.717) is 0 Å². The molecular formula is C18H27O. The fraction of sp³-hybridized carbons (Fsp3) is 0.500. The number of allylic oxidation sites excluding steroid dienone is 8. The molecule has 0 aliphatic carbocycles. The standard InChI is InChI=1S/C18H27O/c1-2-3-4-5-6-7-8-9-10-11-12-13-14-15-16-17-18-19/h10-17H,2-9H2,1H3. The average Bonchev–Trinajstić information content (AvgIpc) is 2.43. The van der Waals surface area contributed by atoms with Crippen LogP contribution >= 0.6 is 0 Å². The molecule has 0 atom stereocenters. The summed E-state index contributed by atoms with van der Waals surface area (Å²) in [6.07, 6.45) is 27.4. The molecule has 0 heterocycles. The summed E-state index contributed by atoms with van der Waals surface area (Å²) in [4.78, 5) is 9.86. The lowest BCUT2D eigenvalue weighted by molar-refractivity contribution is 0.564. The molecule has 0 aromatic carbocycles. The summed E-state index contributed by atoms with van der Waals surface area (Å²) in [6, 6.07) is 0. The minimum absolute atomic E-state index is 1.17. The fourth-order valence-electron chi connectivity index (χ4n) is 1.75. The molecule has 0 fully saturated rings. The first kappa shape index (κ1) is 17.6. The van der Waals surface area contributed by atoms with Crippen LogP contribution in [0.25, 0.3) is 0 Å². The molecule has 0 aromatic heterocycles. The number of rotatable bonds is 12. The summed E-state index contributed by atoms with van der Waals surface area (Å²) >= 11 is 0. The minimum atomic E-state index is 1.17. The Hall–Kier alpha value is -1.37. The maximum atomic E-state index is 9.86. The molecule has 0 aromatic rings. The molecule has 0 aliphatic rings. The summed E-state index contributed by atoms with van der Waals surface area (Å²) in [7, 11) is 0. The molecule has 0 N–H and O–H groups in total. The van der Waals surface area contributed by atoms with Gasteiger partial charge in [-0.25, -0.2) is 0 Å². The minimum Gasteiger partial charge on any atom is -0.286 e. The number of hydrogen-bond donors (Lipinski definition) is 0. The Morgan fingerprint density at radius 1 is 0.737 bits per heavy atom. The zero-order valence-electron chi connectivity index (χ0n) is 12.2. The maximum Gasteiger partial charge on any atom is 0.225 e. The molecule has 0 spiro atoms. The van der Waals surface area contributed by atoms with Crippen LogP contribution in [0.1, 0.15) is 58.3 Å². The lowest BCUT2D eigenvalue weighted by Crippen LogP contribution is -1.78. The van der Waals surface area contributed by atoms with E-state index in [0.717, 1.165) is 0 Å². The van der Waals surface area contributed by atoms with Crippen LogP contribution in [0.15, 0.2) is 48.6 Å². The lowest BCUT2D eigenvalue weighted by atomic mass is 10.1. The Morgan fingerprint density at radius 2 is 1.32 bits per heavy atom. The number of unbranched alkanes of at least 4 members (excludes halogenated alkanes) is 7. The Kier molecular flexibility index (Phi) is 15.4. The third-order valence-corrected chi connectivity index (χ3v) is 2.83. The van der Waals surface area contributed by atoms with E-state index in [2.05, 4.69) is 19.1 Å². The van der Waals surface area contributed by atoms with Gasteiger partial charge >= 0.3 is 0 Å². The quantitative estimate of drug-likeness (QED) is 0.258. The molecule has 105 valence electrons. The van der Waals surface area contributed by atoms with Crippen LogP contribution in [0.4, 0.5) is 0 Å². The highest BCUT2D eigenvalue weighted by molar-refractivity contribution is 5.66. The summed E-state index contributed by atoms with van der Waals surface area (Å²) in [5.74, 6) is 0. The Bertz CT molecular complexity index is 295. The highest BCUT2D eigenvalue weighted by Crippen LogP contribution is 2.08. The summed E-state index contributed by atoms with van der Waals surface area (Å²) in [5.41, 5.74) is 0. The summed E-state index contributed by atoms with van der Waals surface area (Å²) < 4.78 is 0. The molecule has 0 rings (SSSR count). The molecule has 0 aliphatic heterocycles. The van der Waals surface area contributed by atoms with E-state index in [1.807, 2.05) is 24.3 Å². The summed E-state index contributed by atoms with van der Waals surface area (Å²) in [5, 5.41) is 0. The number of carbonyl (C=O) groups excluding carboxylic acids is 1. The molecule has 0 amide bonds. The molecule has 0 bridgehead atoms. The van der Waals surface area contributed by atoms with Gasteiger partial charge in [0.15, 0.2) is 0 Å². The van der Waals surface area contributed by atoms with Gasteiger partial charge in [0.05, 0.1) is 0 Å². The molecule has 1 nitrogen and oxygen atoms in total. The van der Waals surface area contributed by atoms with Crippen molar-refractivity contribution in [3.05, 3.63) is 48.6 Å². The van der Waals surface area contributed by atoms with E-state index in [-0.39, 0.29) is 0 Å². The predicted octanol–water partition coefficient (Wildman–Crippen LogP) is 5.46. The van der Waals surface area contributed by atoms with Crippen molar-refractivity contribution in [3.8, 4) is 0 Å². The SMILES string of the molecule is CCCCCCCCCC=CC=CC=CC=C[C]=O. The first-order chi connectivity index (χ1) is 9.41. The van der Waals surface area contributed by atoms with Crippen molar-refractivity contribution in [1.82, 2.24) is 0 Å². The van der Waals surface area contributed by atoms with Crippen molar-refractivity contribution in [2.75, 3.05) is 0 Å². The van der Waals surface area contributed by atoms with Crippen molar-refractivity contribution < 1.29 is 4.79 Å². The van der Waals surface area contributed by atoms with E-state index in [4.69, 9.17) is 0 Å². The largest absolute Gasteiger partial charge is 0.286 e. The Morgan fingerprint density at radius 3 is 2.00 bits per heavy atom. The molecular weight excluding hydrogens is 232 g/mol. The van der Waals surface area contributed by atoms with Crippen molar-refractivity contribution in [3.63, 3.8) is 0 Å². The smallest absolute Gasteiger partial charge is 0.225 e. The van der Waals surface area contributed by atoms with Crippen LogP contribution in [0.2, 0.25) is 0 Å². The van der Waals surface area contributed by atoms with Gasteiger partial charge in [-0.2, -0.15) is 0 Å². The van der Waals surface area contributed by atoms with Crippen molar-refractivity contribution in [1.29, 1.82) is 0 Å². The van der Waals surface area contributed by atoms with Gasteiger partial charge in [-0.3, -0.25) is 4.79 Å². The van der Waals surface area contributed by atoms with E-state index in [1.54, 1.807) is 12.4 Å². The molecule has 1 heteroatoms. The highest BCUT2D eigenvalue weighted by Gasteiger charge is 1.88. The normalized spacial score (nSPS) is 12.5. The van der Waals surface area contributed by atoms with Crippen molar-refractivity contribution in [2.45, 2.75) is 58.3 Å². The predicted molar refractivity (Wildman–Crippen MR) is 84.9 cm³/mol. The zero-order chi connectivity index (χ0) is 14.0. The molecule has 0 saturated carbocycles. The third kappa shape index (κ3) is 16.6. The monoisotopic (exact) mass is 259 g/mol. The van der Waals surface area contributed by atoms with Crippen LogP contribution in [0.3, 0.4) is 0 Å². The van der Waals surface area contributed by atoms with Gasteiger partial charge in [-0.15, -0.1) is 0 Å². The zero-order valence-corrected chi connectivity index (χ0v) is 12.2. The lowest BCUT2D eigenvalue weighted by Gasteiger charge is -1.98. The van der Waals surface area contributed by atoms with Gasteiger partial charge in [-0.1, -0.05) is 88.0 Å². The van der Waals surface area contributed by atoms with Gasteiger partial charge < -0.3 is 0 Å². The second-order valence-electron chi connectivity index (χ2n) is 4.58. The van der Waals surface area contributed by atoms with E-state index < -0.39 is 0 Å². The van der Waals surface area contributed by atoms with Gasteiger partial charge in [0.1, 0.15) is 0 Å². The van der Waals surface area contributed by atoms with E-state index in [9.17, 15) is 4.79 Å². The molecule has 0 saturated heterocycles. The van der Waals surface area contributed by atoms with Gasteiger partial charge in [0.25, 0.3) is 0 Å². The number of hydrogen-bond acceptors (Lipinski definition) is 1. The van der Waals surface area contributed by atoms with Crippen LogP contribution in [0.5, 0.6) is 0 Å². The third-order valence-electron chi connectivity index (χ3n) is 2.83. The van der Waals surface area contributed by atoms with Crippen LogP contribution in [-0.4, -0.2) is 6.29 Å². The van der Waals surface area contributed by atoms with Crippen LogP contribution in [0, 0.1) is 0 Å². The van der Waals surface area contributed by atoms with Crippen molar-refractivity contribution >= 4 is 6.29 Å². The van der Waals surface area contributed by atoms with Crippen molar-refractivity contribution in [2.24, 2.45) is 0 Å². The van der Waals surface area contributed by atoms with E-state index in [1.165, 1.54) is 57.4 Å². The topological polar surface area (TPSA) is 17.1 Å². The Labute approximate surface area is 118 Å². The van der Waals surface area contributed by atoms with Gasteiger partial charge in [-0.05, 0) is 18.9 Å². The molecule has 0 unspecified atom stereocenters. The maximum absolute atomic E-state index is 9.86. The average molecular weight is 259 g/mol. The first-order valence-electron chi connectivity index (χ1n) is 7.44. The van der Waals surface area contributed by atoms with Gasteiger partial charge in [0, 0.05) is 0 Å². The fourth-order valence-corrected chi connectivity index (χ4v) is 1.75. The second kappa shape index (κ2) is 16.6. The second-order valence-corrected chi connectivity index (χ2v) is 4.58. The molecule has 1 radical (unpaired) electrons. The van der Waals surface area contributed by atoms with Crippen LogP contribution in [-0.2, 0) is 4.79 Å².